The summed E-state index contributed by atoms with van der Waals surface area (Å²) in [4.78, 5) is 0. The highest BCUT2D eigenvalue weighted by molar-refractivity contribution is 5.36. The zero-order valence-corrected chi connectivity index (χ0v) is 10.3. The minimum absolute atomic E-state index is 0.341. The summed E-state index contributed by atoms with van der Waals surface area (Å²) in [5.74, 6) is 0. The zero-order chi connectivity index (χ0) is 11.6. The third-order valence-electron chi connectivity index (χ3n) is 3.80. The number of fused-ring (bicyclic) bond motifs is 1. The van der Waals surface area contributed by atoms with Crippen LogP contribution in [0.4, 0.5) is 0 Å². The monoisotopic (exact) mass is 219 g/mol. The molecule has 1 aromatic rings. The fourth-order valence-corrected chi connectivity index (χ4v) is 2.38. The summed E-state index contributed by atoms with van der Waals surface area (Å²) >= 11 is 0. The number of hydrogen-bond acceptors (Lipinski definition) is 2. The van der Waals surface area contributed by atoms with Crippen LogP contribution in [0.2, 0.25) is 0 Å². The van der Waals surface area contributed by atoms with E-state index in [0.29, 0.717) is 6.54 Å². The van der Waals surface area contributed by atoms with E-state index in [4.69, 9.17) is 10.5 Å². The number of aryl methyl sites for hydroxylation is 2. The van der Waals surface area contributed by atoms with Crippen LogP contribution in [0.3, 0.4) is 0 Å². The maximum atomic E-state index is 5.80. The molecule has 0 heterocycles. The van der Waals surface area contributed by atoms with Crippen LogP contribution >= 0.6 is 0 Å². The van der Waals surface area contributed by atoms with Crippen molar-refractivity contribution in [3.05, 3.63) is 34.9 Å². The molecule has 1 aliphatic rings. The van der Waals surface area contributed by atoms with Crippen LogP contribution in [0.5, 0.6) is 0 Å². The third kappa shape index (κ3) is 2.00. The van der Waals surface area contributed by atoms with Crippen molar-refractivity contribution in [3.63, 3.8) is 0 Å². The minimum Gasteiger partial charge on any atom is -0.372 e. The first-order valence-corrected chi connectivity index (χ1v) is 6.07. The number of ether oxygens (including phenoxy) is 1. The maximum absolute atomic E-state index is 5.80. The molecule has 16 heavy (non-hydrogen) atoms. The van der Waals surface area contributed by atoms with Crippen LogP contribution in [0.1, 0.15) is 36.5 Å². The summed E-state index contributed by atoms with van der Waals surface area (Å²) in [6.07, 6.45) is 5.06. The van der Waals surface area contributed by atoms with Gasteiger partial charge in [-0.05, 0) is 49.3 Å². The number of hydrogen-bond donors (Lipinski definition) is 1. The van der Waals surface area contributed by atoms with Crippen LogP contribution in [0, 0.1) is 0 Å². The van der Waals surface area contributed by atoms with Crippen LogP contribution in [0.25, 0.3) is 0 Å². The Morgan fingerprint density at radius 1 is 1.25 bits per heavy atom. The zero-order valence-electron chi connectivity index (χ0n) is 10.3. The van der Waals surface area contributed by atoms with Crippen LogP contribution in [0.15, 0.2) is 18.2 Å². The summed E-state index contributed by atoms with van der Waals surface area (Å²) in [6.45, 7) is 2.57. The number of rotatable bonds is 3. The molecule has 2 rings (SSSR count). The first-order chi connectivity index (χ1) is 7.69. The Kier molecular flexibility index (Phi) is 3.31. The van der Waals surface area contributed by atoms with E-state index in [1.165, 1.54) is 42.4 Å². The van der Waals surface area contributed by atoms with Crippen molar-refractivity contribution in [1.82, 2.24) is 0 Å². The van der Waals surface area contributed by atoms with Crippen molar-refractivity contribution in [1.29, 1.82) is 0 Å². The molecule has 0 bridgehead atoms. The molecule has 1 aromatic carbocycles. The van der Waals surface area contributed by atoms with E-state index in [-0.39, 0.29) is 5.60 Å². The molecule has 0 amide bonds. The molecule has 0 saturated carbocycles. The van der Waals surface area contributed by atoms with Gasteiger partial charge in [0.2, 0.25) is 0 Å². The highest BCUT2D eigenvalue weighted by Gasteiger charge is 2.25. The van der Waals surface area contributed by atoms with Crippen molar-refractivity contribution in [2.75, 3.05) is 13.7 Å². The molecule has 0 spiro atoms. The highest BCUT2D eigenvalue weighted by Crippen LogP contribution is 2.28. The van der Waals surface area contributed by atoms with Crippen LogP contribution in [-0.4, -0.2) is 13.7 Å². The maximum Gasteiger partial charge on any atom is 0.102 e. The molecule has 0 radical (unpaired) electrons. The normalized spacial score (nSPS) is 18.9. The minimum atomic E-state index is -0.341. The summed E-state index contributed by atoms with van der Waals surface area (Å²) in [5.41, 5.74) is 9.66. The predicted octanol–water partition coefficient (Wildman–Crippen LogP) is 2.39. The Labute approximate surface area is 97.8 Å². The summed E-state index contributed by atoms with van der Waals surface area (Å²) < 4.78 is 5.54. The lowest BCUT2D eigenvalue weighted by Crippen LogP contribution is -2.33. The Morgan fingerprint density at radius 3 is 2.56 bits per heavy atom. The fraction of sp³-hybridized carbons (Fsp3) is 0.571. The van der Waals surface area contributed by atoms with Gasteiger partial charge in [0.15, 0.2) is 0 Å². The van der Waals surface area contributed by atoms with Crippen molar-refractivity contribution < 1.29 is 4.74 Å². The Balaban J connectivity index is 2.36. The van der Waals surface area contributed by atoms with Gasteiger partial charge in [0, 0.05) is 13.7 Å². The van der Waals surface area contributed by atoms with Gasteiger partial charge < -0.3 is 10.5 Å². The van der Waals surface area contributed by atoms with E-state index >= 15 is 0 Å². The van der Waals surface area contributed by atoms with Gasteiger partial charge in [-0.25, -0.2) is 0 Å². The van der Waals surface area contributed by atoms with Crippen molar-refractivity contribution in [3.8, 4) is 0 Å². The van der Waals surface area contributed by atoms with E-state index < -0.39 is 0 Å². The fourth-order valence-electron chi connectivity index (χ4n) is 2.38. The van der Waals surface area contributed by atoms with E-state index in [1.54, 1.807) is 7.11 Å². The average molecular weight is 219 g/mol. The van der Waals surface area contributed by atoms with Gasteiger partial charge >= 0.3 is 0 Å². The van der Waals surface area contributed by atoms with E-state index in [1.807, 2.05) is 0 Å². The second-order valence-electron chi connectivity index (χ2n) is 4.83. The second kappa shape index (κ2) is 4.56. The van der Waals surface area contributed by atoms with Gasteiger partial charge in [-0.2, -0.15) is 0 Å². The average Bonchev–Trinajstić information content (AvgIpc) is 2.37. The number of benzene rings is 1. The number of methoxy groups -OCH3 is 1. The third-order valence-corrected chi connectivity index (χ3v) is 3.80. The Morgan fingerprint density at radius 2 is 1.94 bits per heavy atom. The van der Waals surface area contributed by atoms with E-state index in [9.17, 15) is 0 Å². The van der Waals surface area contributed by atoms with Gasteiger partial charge in [0.05, 0.1) is 0 Å². The molecule has 1 aliphatic carbocycles. The van der Waals surface area contributed by atoms with Crippen molar-refractivity contribution >= 4 is 0 Å². The lowest BCUT2D eigenvalue weighted by atomic mass is 9.86. The van der Waals surface area contributed by atoms with Gasteiger partial charge in [-0.1, -0.05) is 18.2 Å². The first kappa shape index (κ1) is 11.6. The molecule has 0 aliphatic heterocycles. The van der Waals surface area contributed by atoms with E-state index in [2.05, 4.69) is 25.1 Å². The molecular formula is C14H21NO. The Hall–Kier alpha value is -0.860. The molecule has 0 aromatic heterocycles. The molecule has 0 fully saturated rings. The smallest absolute Gasteiger partial charge is 0.102 e. The molecule has 1 atom stereocenters. The summed E-state index contributed by atoms with van der Waals surface area (Å²) in [6, 6.07) is 6.70. The Bertz CT molecular complexity index is 369. The van der Waals surface area contributed by atoms with Gasteiger partial charge in [0.1, 0.15) is 5.60 Å². The SMILES string of the molecule is COC(C)(CN)c1ccc2c(c1)CCCC2. The molecule has 2 heteroatoms. The molecule has 0 saturated heterocycles. The van der Waals surface area contributed by atoms with Crippen LogP contribution < -0.4 is 5.73 Å². The first-order valence-electron chi connectivity index (χ1n) is 6.07. The van der Waals surface area contributed by atoms with Gasteiger partial charge in [0.25, 0.3) is 0 Å². The molecule has 88 valence electrons. The summed E-state index contributed by atoms with van der Waals surface area (Å²) in [5, 5.41) is 0. The highest BCUT2D eigenvalue weighted by atomic mass is 16.5. The van der Waals surface area contributed by atoms with Gasteiger partial charge in [-0.15, -0.1) is 0 Å². The van der Waals surface area contributed by atoms with Gasteiger partial charge in [-0.3, -0.25) is 0 Å². The second-order valence-corrected chi connectivity index (χ2v) is 4.83. The lowest BCUT2D eigenvalue weighted by Gasteiger charge is -2.28. The molecular weight excluding hydrogens is 198 g/mol. The van der Waals surface area contributed by atoms with Crippen LogP contribution in [-0.2, 0) is 23.2 Å². The molecule has 2 N–H and O–H groups in total. The quantitative estimate of drug-likeness (QED) is 0.847. The largest absolute Gasteiger partial charge is 0.372 e. The lowest BCUT2D eigenvalue weighted by molar-refractivity contribution is 0.00999. The van der Waals surface area contributed by atoms with Crippen molar-refractivity contribution in [2.24, 2.45) is 5.73 Å². The topological polar surface area (TPSA) is 35.2 Å². The molecule has 1 unspecified atom stereocenters. The summed E-state index contributed by atoms with van der Waals surface area (Å²) in [7, 11) is 1.73. The number of nitrogens with two attached hydrogens (primary N) is 1. The standard InChI is InChI=1S/C14H21NO/c1-14(10-15,16-2)13-8-7-11-5-3-4-6-12(11)9-13/h7-9H,3-6,10,15H2,1-2H3. The molecule has 2 nitrogen and oxygen atoms in total. The predicted molar refractivity (Wildman–Crippen MR) is 66.5 cm³/mol. The van der Waals surface area contributed by atoms with E-state index in [0.717, 1.165) is 0 Å². The van der Waals surface area contributed by atoms with Crippen molar-refractivity contribution in [2.45, 2.75) is 38.2 Å².